The fraction of sp³-hybridized carbons (Fsp3) is 0.167. The van der Waals surface area contributed by atoms with Crippen LogP contribution in [0.3, 0.4) is 0 Å². The predicted octanol–water partition coefficient (Wildman–Crippen LogP) is 1.91. The molecule has 0 saturated carbocycles. The minimum absolute atomic E-state index is 0.139. The molecule has 0 fully saturated rings. The third-order valence-corrected chi connectivity index (χ3v) is 3.30. The normalized spacial score (nSPS) is 9.80. The van der Waals surface area contributed by atoms with Crippen LogP contribution in [0.25, 0.3) is 0 Å². The Balaban J connectivity index is 1.82. The van der Waals surface area contributed by atoms with Crippen molar-refractivity contribution in [3.8, 4) is 0 Å². The van der Waals surface area contributed by atoms with Gasteiger partial charge in [-0.1, -0.05) is 36.4 Å². The van der Waals surface area contributed by atoms with Gasteiger partial charge in [0.05, 0.1) is 13.7 Å². The minimum atomic E-state index is -0.627. The Bertz CT molecular complexity index is 747. The van der Waals surface area contributed by atoms with E-state index >= 15 is 0 Å². The highest BCUT2D eigenvalue weighted by atomic mass is 16.5. The van der Waals surface area contributed by atoms with E-state index in [9.17, 15) is 14.4 Å². The topological polar surface area (TPSA) is 96.5 Å². The summed E-state index contributed by atoms with van der Waals surface area (Å²) in [4.78, 5) is 35.1. The van der Waals surface area contributed by atoms with Crippen molar-refractivity contribution in [3.63, 3.8) is 0 Å². The molecule has 7 heteroatoms. The van der Waals surface area contributed by atoms with Crippen LogP contribution in [0.4, 0.5) is 10.5 Å². The van der Waals surface area contributed by atoms with E-state index in [1.165, 1.54) is 13.2 Å². The molecule has 0 atom stereocenters. The van der Waals surface area contributed by atoms with Crippen LogP contribution < -0.4 is 16.0 Å². The molecular formula is C18H19N3O4. The lowest BCUT2D eigenvalue weighted by Crippen LogP contribution is -2.36. The number of anilines is 1. The SMILES string of the molecule is COC(=O)Nc1cccc(C(=O)NCC(=O)NCc2ccccc2)c1. The summed E-state index contributed by atoms with van der Waals surface area (Å²) in [5.74, 6) is -0.704. The molecule has 2 rings (SSSR count). The Hall–Kier alpha value is -3.35. The molecule has 0 radical (unpaired) electrons. The maximum absolute atomic E-state index is 12.1. The zero-order chi connectivity index (χ0) is 18.1. The summed E-state index contributed by atoms with van der Waals surface area (Å²) in [6.07, 6.45) is -0.627. The molecule has 0 spiro atoms. The van der Waals surface area contributed by atoms with E-state index in [1.807, 2.05) is 30.3 Å². The molecule has 0 bridgehead atoms. The number of nitrogens with one attached hydrogen (secondary N) is 3. The van der Waals surface area contributed by atoms with Gasteiger partial charge in [-0.2, -0.15) is 0 Å². The summed E-state index contributed by atoms with van der Waals surface area (Å²) in [5, 5.41) is 7.73. The van der Waals surface area contributed by atoms with Crippen molar-refractivity contribution in [2.45, 2.75) is 6.54 Å². The number of rotatable bonds is 6. The highest BCUT2D eigenvalue weighted by molar-refractivity contribution is 5.98. The molecular weight excluding hydrogens is 322 g/mol. The number of methoxy groups -OCH3 is 1. The maximum atomic E-state index is 12.1. The van der Waals surface area contributed by atoms with Crippen LogP contribution in [-0.4, -0.2) is 31.6 Å². The first kappa shape index (κ1) is 18.0. The van der Waals surface area contributed by atoms with Crippen molar-refractivity contribution >= 4 is 23.6 Å². The fourth-order valence-corrected chi connectivity index (χ4v) is 2.03. The molecule has 2 aromatic carbocycles. The van der Waals surface area contributed by atoms with Crippen molar-refractivity contribution in [1.82, 2.24) is 10.6 Å². The van der Waals surface area contributed by atoms with E-state index in [-0.39, 0.29) is 12.5 Å². The lowest BCUT2D eigenvalue weighted by molar-refractivity contribution is -0.120. The summed E-state index contributed by atoms with van der Waals surface area (Å²) in [5.41, 5.74) is 1.72. The van der Waals surface area contributed by atoms with E-state index in [0.29, 0.717) is 17.8 Å². The molecule has 7 nitrogen and oxygen atoms in total. The molecule has 0 unspecified atom stereocenters. The van der Waals surface area contributed by atoms with Gasteiger partial charge in [-0.05, 0) is 23.8 Å². The van der Waals surface area contributed by atoms with E-state index in [2.05, 4.69) is 20.7 Å². The Morgan fingerprint density at radius 2 is 1.72 bits per heavy atom. The van der Waals surface area contributed by atoms with Crippen LogP contribution >= 0.6 is 0 Å². The number of carbonyl (C=O) groups excluding carboxylic acids is 3. The summed E-state index contributed by atoms with van der Waals surface area (Å²) in [6, 6.07) is 15.8. The summed E-state index contributed by atoms with van der Waals surface area (Å²) >= 11 is 0. The first-order valence-corrected chi connectivity index (χ1v) is 7.62. The number of benzene rings is 2. The molecule has 3 N–H and O–H groups in total. The van der Waals surface area contributed by atoms with Crippen LogP contribution in [0, 0.1) is 0 Å². The average Bonchev–Trinajstić information content (AvgIpc) is 2.65. The zero-order valence-corrected chi connectivity index (χ0v) is 13.7. The van der Waals surface area contributed by atoms with Gasteiger partial charge in [0.25, 0.3) is 5.91 Å². The summed E-state index contributed by atoms with van der Waals surface area (Å²) in [7, 11) is 1.25. The van der Waals surface area contributed by atoms with Crippen molar-refractivity contribution in [2.75, 3.05) is 19.0 Å². The van der Waals surface area contributed by atoms with Crippen LogP contribution in [0.2, 0.25) is 0 Å². The van der Waals surface area contributed by atoms with Gasteiger partial charge < -0.3 is 15.4 Å². The molecule has 0 aliphatic heterocycles. The van der Waals surface area contributed by atoms with Gasteiger partial charge in [-0.25, -0.2) is 4.79 Å². The third-order valence-electron chi connectivity index (χ3n) is 3.30. The van der Waals surface area contributed by atoms with Gasteiger partial charge in [0.15, 0.2) is 0 Å². The monoisotopic (exact) mass is 341 g/mol. The van der Waals surface area contributed by atoms with Crippen molar-refractivity contribution in [3.05, 3.63) is 65.7 Å². The highest BCUT2D eigenvalue weighted by Gasteiger charge is 2.09. The van der Waals surface area contributed by atoms with Crippen LogP contribution in [0.1, 0.15) is 15.9 Å². The maximum Gasteiger partial charge on any atom is 0.411 e. The molecule has 0 saturated heterocycles. The van der Waals surface area contributed by atoms with E-state index in [0.717, 1.165) is 5.56 Å². The fourth-order valence-electron chi connectivity index (χ4n) is 2.03. The van der Waals surface area contributed by atoms with Gasteiger partial charge in [0, 0.05) is 17.8 Å². The Kier molecular flexibility index (Phi) is 6.53. The molecule has 3 amide bonds. The van der Waals surface area contributed by atoms with Crippen LogP contribution in [-0.2, 0) is 16.1 Å². The van der Waals surface area contributed by atoms with Gasteiger partial charge in [-0.15, -0.1) is 0 Å². The molecule has 2 aromatic rings. The number of amides is 3. The number of carbonyl (C=O) groups is 3. The Morgan fingerprint density at radius 3 is 2.44 bits per heavy atom. The second-order valence-electron chi connectivity index (χ2n) is 5.14. The lowest BCUT2D eigenvalue weighted by Gasteiger charge is -2.08. The number of ether oxygens (including phenoxy) is 1. The van der Waals surface area contributed by atoms with Crippen molar-refractivity contribution < 1.29 is 19.1 Å². The number of hydrogen-bond acceptors (Lipinski definition) is 4. The second-order valence-corrected chi connectivity index (χ2v) is 5.14. The Labute approximate surface area is 145 Å². The van der Waals surface area contributed by atoms with Gasteiger partial charge in [0.2, 0.25) is 5.91 Å². The van der Waals surface area contributed by atoms with Crippen LogP contribution in [0.5, 0.6) is 0 Å². The zero-order valence-electron chi connectivity index (χ0n) is 13.7. The molecule has 0 heterocycles. The molecule has 130 valence electrons. The first-order valence-electron chi connectivity index (χ1n) is 7.62. The highest BCUT2D eigenvalue weighted by Crippen LogP contribution is 2.10. The lowest BCUT2D eigenvalue weighted by atomic mass is 10.2. The molecule has 0 aromatic heterocycles. The predicted molar refractivity (Wildman–Crippen MR) is 93.1 cm³/mol. The second kappa shape index (κ2) is 9.07. The van der Waals surface area contributed by atoms with Gasteiger partial charge in [-0.3, -0.25) is 14.9 Å². The van der Waals surface area contributed by atoms with E-state index in [4.69, 9.17) is 0 Å². The smallest absolute Gasteiger partial charge is 0.411 e. The Morgan fingerprint density at radius 1 is 0.960 bits per heavy atom. The molecule has 0 aliphatic carbocycles. The largest absolute Gasteiger partial charge is 0.453 e. The first-order chi connectivity index (χ1) is 12.1. The summed E-state index contributed by atoms with van der Waals surface area (Å²) < 4.78 is 4.49. The summed E-state index contributed by atoms with van der Waals surface area (Å²) in [6.45, 7) is 0.258. The van der Waals surface area contributed by atoms with Gasteiger partial charge in [0.1, 0.15) is 0 Å². The minimum Gasteiger partial charge on any atom is -0.453 e. The molecule has 0 aliphatic rings. The standard InChI is InChI=1S/C18H19N3O4/c1-25-18(24)21-15-9-5-8-14(10-15)17(23)20-12-16(22)19-11-13-6-3-2-4-7-13/h2-10H,11-12H2,1H3,(H,19,22)(H,20,23)(H,21,24). The average molecular weight is 341 g/mol. The van der Waals surface area contributed by atoms with Crippen LogP contribution in [0.15, 0.2) is 54.6 Å². The number of hydrogen-bond donors (Lipinski definition) is 3. The third kappa shape index (κ3) is 5.98. The van der Waals surface area contributed by atoms with E-state index in [1.54, 1.807) is 18.2 Å². The van der Waals surface area contributed by atoms with E-state index < -0.39 is 12.0 Å². The van der Waals surface area contributed by atoms with Gasteiger partial charge >= 0.3 is 6.09 Å². The molecule has 25 heavy (non-hydrogen) atoms. The van der Waals surface area contributed by atoms with Crippen molar-refractivity contribution in [2.24, 2.45) is 0 Å². The quantitative estimate of drug-likeness (QED) is 0.748. The van der Waals surface area contributed by atoms with Crippen molar-refractivity contribution in [1.29, 1.82) is 0 Å².